The van der Waals surface area contributed by atoms with Gasteiger partial charge in [-0.05, 0) is 131 Å². The molecule has 39 heteroatoms. The number of carboxylic acids is 3. The maximum absolute atomic E-state index is 14.8. The Hall–Kier alpha value is -11.1. The number of β-amino-alcohol motifs (C(OH)–C–C–N with tert-alkyl or cyclic N) is 1. The molecule has 0 spiro atoms. The van der Waals surface area contributed by atoms with E-state index in [0.717, 1.165) is 25.6 Å². The number of likely N-dealkylation sites (tertiary alicyclic amines) is 1. The number of unbranched alkanes of at least 4 members (excludes halogenated alkanes) is 1. The highest BCUT2D eigenvalue weighted by Gasteiger charge is 2.41. The summed E-state index contributed by atoms with van der Waals surface area (Å²) in [5.74, 6) is -30.2. The molecule has 0 bridgehead atoms. The first kappa shape index (κ1) is 112. The van der Waals surface area contributed by atoms with E-state index in [1.807, 2.05) is 0 Å². The zero-order chi connectivity index (χ0) is 97.9. The van der Waals surface area contributed by atoms with Crippen molar-refractivity contribution >= 4 is 123 Å². The third kappa shape index (κ3) is 41.5. The maximum Gasteiger partial charge on any atom is 0.304 e. The molecule has 3 aromatic carbocycles. The Bertz CT molecular complexity index is 4360. The van der Waals surface area contributed by atoms with E-state index in [4.69, 9.17) is 5.73 Å². The second-order valence-corrected chi connectivity index (χ2v) is 35.4. The third-order valence-corrected chi connectivity index (χ3v) is 23.8. The van der Waals surface area contributed by atoms with E-state index in [-0.39, 0.29) is 110 Å². The maximum atomic E-state index is 14.8. The van der Waals surface area contributed by atoms with Crippen molar-refractivity contribution < 1.29 is 142 Å². The lowest BCUT2D eigenvalue weighted by Crippen LogP contribution is -2.52. The van der Waals surface area contributed by atoms with Gasteiger partial charge in [0, 0.05) is 88.8 Å². The minimum atomic E-state index is -1.99. The number of nitrogens with two attached hydrogens (primary N) is 1. The van der Waals surface area contributed by atoms with Crippen LogP contribution in [0.25, 0.3) is 0 Å². The van der Waals surface area contributed by atoms with E-state index in [1.54, 1.807) is 65.0 Å². The highest BCUT2D eigenvalue weighted by atomic mass is 32.2. The first-order valence-electron chi connectivity index (χ1n) is 44.2. The standard InChI is InChI=1S/C92H131N9O29S/c1-8-52(4)85(80(116)38-60(32-57-19-24-64(106)25-20-57)88(126)96-72(31-51(2)3)76(112)36-61(40-83(120)121)87(125)95-53(5)15-12-13-29-93)100-90(128)63(47-102)39-77(113)73(34-58-21-26-65(107)27-22-58)97-89(127)62(41-84(122)123)37-78(114)75(48-103)99-92(130)71(55(7)105)44-79(115)74(33-56-16-10-9-11-17-56)98-91(129)70(54(6)104)42-67(109)45-94-86(124)59(23-28-82(118)119)35-69(111)50-131-49-66(108)18-14-30-101-46-68(110)43-81(101)117/h9-11,16-17,19-22,24-27,51-55,59-63,68,70-75,85,102-107,110H,8,12-15,18,23,28-50,93H2,1-7H3,(H,94,124)(H,95,125)(H,96,126)(H,97,127)(H,98,129)(H,99,130)(H,100,128)(H,118,119)(H,120,121)(H,122,123)/t52-,53+,54+,55+,59+,60+,61-,62-,63-,68+,70-,71-,72-,73-,74-,75-,85-/m0/s1. The smallest absolute Gasteiger partial charge is 0.304 e. The van der Waals surface area contributed by atoms with Gasteiger partial charge in [0.25, 0.3) is 0 Å². The van der Waals surface area contributed by atoms with Crippen molar-refractivity contribution in [2.75, 3.05) is 50.9 Å². The molecule has 8 amide bonds. The van der Waals surface area contributed by atoms with Crippen molar-refractivity contribution in [1.29, 1.82) is 0 Å². The molecule has 17 atom stereocenters. The van der Waals surface area contributed by atoms with Crippen molar-refractivity contribution in [3.8, 4) is 11.5 Å². The number of benzene rings is 3. The average molecular weight is 1860 g/mol. The molecule has 1 heterocycles. The predicted octanol–water partition coefficient (Wildman–Crippen LogP) is 1.66. The molecule has 1 aliphatic rings. The zero-order valence-electron chi connectivity index (χ0n) is 75.3. The van der Waals surface area contributed by atoms with Crippen LogP contribution in [0, 0.1) is 53.3 Å². The number of thioether (sulfide) groups is 1. The van der Waals surface area contributed by atoms with Gasteiger partial charge in [-0.2, -0.15) is 0 Å². The Labute approximate surface area is 765 Å². The Morgan fingerprint density at radius 2 is 0.931 bits per heavy atom. The molecule has 1 fully saturated rings. The number of ketones is 8. The number of aliphatic hydroxyl groups excluding tert-OH is 5. The first-order valence-corrected chi connectivity index (χ1v) is 45.4. The molecule has 0 unspecified atom stereocenters. The Balaban J connectivity index is 1.53. The molecule has 724 valence electrons. The molecule has 1 aliphatic heterocycles. The van der Waals surface area contributed by atoms with Gasteiger partial charge in [0.2, 0.25) is 47.3 Å². The van der Waals surface area contributed by atoms with E-state index in [1.165, 1.54) is 53.4 Å². The number of phenolic OH excluding ortho intramolecular Hbond substituents is 2. The average Bonchev–Trinajstić information content (AvgIpc) is 1.67. The van der Waals surface area contributed by atoms with E-state index < -0.39 is 286 Å². The molecule has 3 aromatic rings. The van der Waals surface area contributed by atoms with Gasteiger partial charge < -0.3 is 98.9 Å². The van der Waals surface area contributed by atoms with Gasteiger partial charge in [-0.3, -0.25) is 91.1 Å². The highest BCUT2D eigenvalue weighted by Crippen LogP contribution is 2.27. The summed E-state index contributed by atoms with van der Waals surface area (Å²) in [4.78, 5) is 261. The lowest BCUT2D eigenvalue weighted by atomic mass is 9.85. The molecule has 38 nitrogen and oxygen atoms in total. The van der Waals surface area contributed by atoms with Gasteiger partial charge in [-0.1, -0.05) is 95.1 Å². The van der Waals surface area contributed by atoms with Crippen molar-refractivity contribution in [2.24, 2.45) is 59.0 Å². The number of carboxylic acid groups (broad SMARTS) is 3. The lowest BCUT2D eigenvalue weighted by molar-refractivity contribution is -0.143. The number of carbonyl (C=O) groups is 19. The monoisotopic (exact) mass is 1860 g/mol. The van der Waals surface area contributed by atoms with Crippen LogP contribution >= 0.6 is 11.8 Å². The van der Waals surface area contributed by atoms with Crippen LogP contribution < -0.4 is 43.0 Å². The van der Waals surface area contributed by atoms with Crippen LogP contribution in [0.3, 0.4) is 0 Å². The van der Waals surface area contributed by atoms with Crippen molar-refractivity contribution in [3.63, 3.8) is 0 Å². The quantitative estimate of drug-likeness (QED) is 0.0357. The van der Waals surface area contributed by atoms with Crippen molar-refractivity contribution in [3.05, 3.63) is 95.6 Å². The van der Waals surface area contributed by atoms with Crippen LogP contribution in [0.15, 0.2) is 78.9 Å². The fourth-order valence-corrected chi connectivity index (χ4v) is 15.8. The first-order chi connectivity index (χ1) is 61.8. The van der Waals surface area contributed by atoms with Gasteiger partial charge >= 0.3 is 17.9 Å². The number of amides is 8. The fraction of sp³-hybridized carbons (Fsp3) is 0.598. The highest BCUT2D eigenvalue weighted by molar-refractivity contribution is 8.00. The summed E-state index contributed by atoms with van der Waals surface area (Å²) in [6.07, 6.45) is -10.5. The summed E-state index contributed by atoms with van der Waals surface area (Å²) in [5, 5.41) is 121. The second-order valence-electron chi connectivity index (χ2n) is 34.4. The number of phenols is 2. The summed E-state index contributed by atoms with van der Waals surface area (Å²) < 4.78 is 0. The predicted molar refractivity (Wildman–Crippen MR) is 475 cm³/mol. The van der Waals surface area contributed by atoms with Gasteiger partial charge in [-0.15, -0.1) is 11.8 Å². The Morgan fingerprint density at radius 1 is 0.458 bits per heavy atom. The largest absolute Gasteiger partial charge is 0.508 e. The Morgan fingerprint density at radius 3 is 1.44 bits per heavy atom. The van der Waals surface area contributed by atoms with Crippen LogP contribution in [0.5, 0.6) is 11.5 Å². The molecule has 0 aromatic heterocycles. The summed E-state index contributed by atoms with van der Waals surface area (Å²) >= 11 is 0.966. The number of rotatable bonds is 67. The van der Waals surface area contributed by atoms with E-state index in [2.05, 4.69) is 37.2 Å². The molecular formula is C92H131N9O29S. The van der Waals surface area contributed by atoms with E-state index in [9.17, 15) is 142 Å². The SMILES string of the molecule is CC[C@H](C)[C@H](NC(=O)[C@H](CO)CC(=O)[C@H](Cc1ccc(O)cc1)NC(=O)[C@H](CC(=O)O)CC(=O)[C@H](CO)NC(=O)[C@@H](CC(=O)[C@H](Cc1ccccc1)NC(=O)[C@@H](CC(=O)CNC(=O)[C@H](CCC(=O)O)CC(=O)CSCC(=O)CCCN1C[C@H](O)CC1=O)[C@@H](C)O)[C@@H](C)O)C(=O)C[C@@H](Cc1ccc(O)cc1)C(=O)N[C@@H](CC(C)C)C(=O)C[C@@H](CC(=O)O)C(=O)N[C@H](C)CCCCN. The van der Waals surface area contributed by atoms with E-state index >= 15 is 0 Å². The van der Waals surface area contributed by atoms with Crippen LogP contribution in [-0.4, -0.2) is 273 Å². The number of nitrogens with one attached hydrogen (secondary N) is 7. The molecule has 19 N–H and O–H groups in total. The minimum Gasteiger partial charge on any atom is -0.508 e. The molecule has 4 rings (SSSR count). The summed E-state index contributed by atoms with van der Waals surface area (Å²) in [6.45, 7) is 8.58. The number of aliphatic hydroxyl groups is 5. The van der Waals surface area contributed by atoms with Crippen molar-refractivity contribution in [1.82, 2.24) is 42.1 Å². The van der Waals surface area contributed by atoms with Crippen LogP contribution in [0.2, 0.25) is 0 Å². The zero-order valence-corrected chi connectivity index (χ0v) is 76.1. The summed E-state index contributed by atoms with van der Waals surface area (Å²) in [7, 11) is 0. The number of aliphatic carboxylic acids is 3. The van der Waals surface area contributed by atoms with Crippen LogP contribution in [0.1, 0.15) is 187 Å². The third-order valence-electron chi connectivity index (χ3n) is 22.8. The molecule has 0 saturated carbocycles. The molecule has 1 saturated heterocycles. The normalized spacial score (nSPS) is 16.2. The minimum absolute atomic E-state index is 0.00266. The summed E-state index contributed by atoms with van der Waals surface area (Å²) in [6, 6.07) is 10.4. The number of aromatic hydroxyl groups is 2. The Kier molecular flexibility index (Phi) is 49.6. The number of hydrogen-bond acceptors (Lipinski definition) is 28. The molecular weight excluding hydrogens is 1730 g/mol. The lowest BCUT2D eigenvalue weighted by Gasteiger charge is -2.28. The van der Waals surface area contributed by atoms with E-state index in [0.29, 0.717) is 43.4 Å². The summed E-state index contributed by atoms with van der Waals surface area (Å²) in [5.41, 5.74) is 6.77. The number of Topliss-reactive ketones (excluding diaryl/α,β-unsaturated/α-hetero) is 8. The van der Waals surface area contributed by atoms with Gasteiger partial charge in [0.05, 0.1) is 123 Å². The van der Waals surface area contributed by atoms with Crippen molar-refractivity contribution in [2.45, 2.75) is 244 Å². The molecule has 0 aliphatic carbocycles. The molecule has 131 heavy (non-hydrogen) atoms. The number of hydrogen-bond donors (Lipinski definition) is 18. The van der Waals surface area contributed by atoms with Crippen LogP contribution in [-0.2, 0) is 110 Å². The number of carbonyl (C=O) groups excluding carboxylic acids is 16. The van der Waals surface area contributed by atoms with Gasteiger partial charge in [0.15, 0.2) is 34.7 Å². The van der Waals surface area contributed by atoms with Crippen LogP contribution in [0.4, 0.5) is 0 Å². The fourth-order valence-electron chi connectivity index (χ4n) is 15.0. The van der Waals surface area contributed by atoms with Gasteiger partial charge in [-0.25, -0.2) is 0 Å². The number of nitrogens with zero attached hydrogens (tertiary/aromatic N) is 1. The van der Waals surface area contributed by atoms with Gasteiger partial charge in [0.1, 0.15) is 29.1 Å². The second kappa shape index (κ2) is 57.9. The topological polar surface area (TPSA) is 640 Å². The molecule has 0 radical (unpaired) electrons.